The summed E-state index contributed by atoms with van der Waals surface area (Å²) in [5.41, 5.74) is 4.60. The van der Waals surface area contributed by atoms with Crippen molar-refractivity contribution in [1.29, 1.82) is 0 Å². The van der Waals surface area contributed by atoms with Crippen molar-refractivity contribution in [3.63, 3.8) is 0 Å². The van der Waals surface area contributed by atoms with Crippen LogP contribution in [-0.2, 0) is 39.0 Å². The number of aromatic nitrogens is 5. The second kappa shape index (κ2) is 24.8. The molecule has 434 valence electrons. The third-order valence-electron chi connectivity index (χ3n) is 18.3. The van der Waals surface area contributed by atoms with Crippen molar-refractivity contribution >= 4 is 62.4 Å². The van der Waals surface area contributed by atoms with Crippen molar-refractivity contribution in [2.24, 2.45) is 18.9 Å². The first-order chi connectivity index (χ1) is 38.9. The average molecular weight is 1120 g/mol. The average Bonchev–Trinajstić information content (AvgIpc) is 3.96. The van der Waals surface area contributed by atoms with Crippen molar-refractivity contribution in [2.75, 3.05) is 89.6 Å². The maximum Gasteiger partial charge on any atom is 0.409 e. The number of phenols is 1. The Bertz CT molecular complexity index is 3260. The normalized spacial score (nSPS) is 19.7. The lowest BCUT2D eigenvalue weighted by molar-refractivity contribution is -0.122. The zero-order chi connectivity index (χ0) is 55.7. The van der Waals surface area contributed by atoms with Crippen molar-refractivity contribution in [3.05, 3.63) is 71.1 Å². The number of anilines is 2. The molecule has 12 rings (SSSR count). The molecule has 0 spiro atoms. The highest BCUT2D eigenvalue weighted by Crippen LogP contribution is 2.44. The molecule has 6 aliphatic heterocycles. The Balaban J connectivity index is 0.000000184. The molecule has 2 unspecified atom stereocenters. The van der Waals surface area contributed by atoms with E-state index in [1.807, 2.05) is 23.6 Å². The summed E-state index contributed by atoms with van der Waals surface area (Å²) in [6, 6.07) is 12.7. The van der Waals surface area contributed by atoms with Crippen molar-refractivity contribution in [3.8, 4) is 23.0 Å². The summed E-state index contributed by atoms with van der Waals surface area (Å²) in [6.45, 7) is 10.1. The number of pyridine rings is 1. The fraction of sp³-hybridized carbons (Fsp3) is 0.565. The number of aryl methyl sites for hydroxylation is 3. The second-order valence-electron chi connectivity index (χ2n) is 23.0. The number of carbonyl (C=O) groups is 3. The van der Waals surface area contributed by atoms with E-state index in [4.69, 9.17) is 29.2 Å². The Labute approximate surface area is 473 Å². The molecule has 3 aromatic carbocycles. The highest BCUT2D eigenvalue weighted by Gasteiger charge is 2.45. The summed E-state index contributed by atoms with van der Waals surface area (Å²) in [4.78, 5) is 58.8. The number of nitrogens with zero attached hydrogens (tertiary/aromatic N) is 9. The number of hydrogen-bond acceptors (Lipinski definition) is 14. The number of fused-ring (bicyclic) bond motifs is 5. The van der Waals surface area contributed by atoms with E-state index in [1.54, 1.807) is 19.2 Å². The van der Waals surface area contributed by atoms with Gasteiger partial charge in [-0.25, -0.2) is 18.6 Å². The van der Waals surface area contributed by atoms with Crippen LogP contribution in [0, 0.1) is 23.5 Å². The van der Waals surface area contributed by atoms with Gasteiger partial charge < -0.3 is 44.1 Å². The Morgan fingerprint density at radius 2 is 1.68 bits per heavy atom. The van der Waals surface area contributed by atoms with Gasteiger partial charge in [-0.2, -0.15) is 15.1 Å². The Hall–Kier alpha value is -6.73. The Morgan fingerprint density at radius 1 is 0.926 bits per heavy atom. The van der Waals surface area contributed by atoms with E-state index in [0.29, 0.717) is 90.2 Å². The van der Waals surface area contributed by atoms with Gasteiger partial charge in [0, 0.05) is 76.5 Å². The summed E-state index contributed by atoms with van der Waals surface area (Å²) < 4.78 is 51.1. The van der Waals surface area contributed by atoms with Crippen LogP contribution in [0.3, 0.4) is 0 Å². The van der Waals surface area contributed by atoms with Gasteiger partial charge >= 0.3 is 12.1 Å². The van der Waals surface area contributed by atoms with E-state index < -0.39 is 11.7 Å². The zero-order valence-electron chi connectivity index (χ0n) is 46.8. The fourth-order valence-corrected chi connectivity index (χ4v) is 14.1. The molecular weight excluding hydrogens is 1030 g/mol. The SMILES string of the molecule is C.CCc1c(F)ccc2cc(O)cc(-c3nc4c5c(nc(OCC67CCCN6CCC7)nc5c3F)N3CCCOCC3CC4)c12.CNC(=O)C(CCC=O)c1nn(C)c2cc(N3CCC(CC4CCN(C(=O)OC)CC4)CC3)ccc12. The summed E-state index contributed by atoms with van der Waals surface area (Å²) in [5, 5.41) is 20.8. The van der Waals surface area contributed by atoms with E-state index in [1.165, 1.54) is 44.2 Å². The number of rotatable bonds is 13. The molecule has 9 heterocycles. The molecule has 0 radical (unpaired) electrons. The van der Waals surface area contributed by atoms with Gasteiger partial charge in [-0.1, -0.05) is 20.4 Å². The largest absolute Gasteiger partial charge is 0.508 e. The number of aldehydes is 1. The number of nitrogens with one attached hydrogen (secondary N) is 1. The summed E-state index contributed by atoms with van der Waals surface area (Å²) in [7, 11) is 4.98. The van der Waals surface area contributed by atoms with Crippen LogP contribution in [-0.4, -0.2) is 149 Å². The molecule has 5 saturated heterocycles. The Kier molecular flexibility index (Phi) is 17.6. The summed E-state index contributed by atoms with van der Waals surface area (Å²) >= 11 is 0. The van der Waals surface area contributed by atoms with Crippen LogP contribution >= 0.6 is 0 Å². The van der Waals surface area contributed by atoms with Crippen LogP contribution in [0.5, 0.6) is 11.8 Å². The van der Waals surface area contributed by atoms with Gasteiger partial charge in [0.2, 0.25) is 5.91 Å². The molecule has 2 atom stereocenters. The van der Waals surface area contributed by atoms with E-state index in [2.05, 4.69) is 43.3 Å². The van der Waals surface area contributed by atoms with Crippen LogP contribution in [0.1, 0.15) is 121 Å². The number of ether oxygens (including phenoxy) is 3. The number of aromatic hydroxyl groups is 1. The molecule has 2 amide bonds. The lowest BCUT2D eigenvalue weighted by Gasteiger charge is -2.37. The van der Waals surface area contributed by atoms with Crippen LogP contribution in [0.25, 0.3) is 43.8 Å². The first kappa shape index (κ1) is 57.5. The number of hydrogen-bond donors (Lipinski definition) is 2. The topological polar surface area (TPSA) is 181 Å². The number of phenolic OH excluding ortho intramolecular Hbond substituents is 1. The first-order valence-electron chi connectivity index (χ1n) is 29.2. The third-order valence-corrected chi connectivity index (χ3v) is 18.3. The van der Waals surface area contributed by atoms with E-state index in [-0.39, 0.29) is 59.8 Å². The van der Waals surface area contributed by atoms with Crippen LogP contribution in [0.2, 0.25) is 0 Å². The second-order valence-corrected chi connectivity index (χ2v) is 23.0. The third kappa shape index (κ3) is 11.5. The van der Waals surface area contributed by atoms with E-state index in [9.17, 15) is 19.5 Å². The predicted octanol–water partition coefficient (Wildman–Crippen LogP) is 10.0. The maximum absolute atomic E-state index is 17.0. The van der Waals surface area contributed by atoms with Crippen molar-refractivity contribution < 1.29 is 42.5 Å². The minimum Gasteiger partial charge on any atom is -0.508 e. The molecule has 0 saturated carbocycles. The molecule has 81 heavy (non-hydrogen) atoms. The highest BCUT2D eigenvalue weighted by molar-refractivity contribution is 6.02. The molecule has 19 heteroatoms. The van der Waals surface area contributed by atoms with Gasteiger partial charge in [0.05, 0.1) is 53.5 Å². The predicted molar refractivity (Wildman–Crippen MR) is 310 cm³/mol. The van der Waals surface area contributed by atoms with E-state index >= 15 is 8.78 Å². The van der Waals surface area contributed by atoms with Gasteiger partial charge in [0.1, 0.15) is 41.5 Å². The van der Waals surface area contributed by atoms with Gasteiger partial charge in [0.25, 0.3) is 0 Å². The number of carbonyl (C=O) groups excluding carboxylic acids is 3. The number of likely N-dealkylation sites (N-methyl/N-ethyl adjacent to an activating group) is 1. The smallest absolute Gasteiger partial charge is 0.409 e. The summed E-state index contributed by atoms with van der Waals surface area (Å²) in [5.74, 6) is 0.480. The summed E-state index contributed by atoms with van der Waals surface area (Å²) in [6.07, 6.45) is 14.2. The highest BCUT2D eigenvalue weighted by atomic mass is 19.1. The monoisotopic (exact) mass is 1110 g/mol. The van der Waals surface area contributed by atoms with Crippen LogP contribution < -0.4 is 19.9 Å². The number of piperidine rings is 2. The van der Waals surface area contributed by atoms with Crippen molar-refractivity contribution in [1.82, 2.24) is 39.8 Å². The minimum atomic E-state index is -0.624. The fourth-order valence-electron chi connectivity index (χ4n) is 14.1. The zero-order valence-corrected chi connectivity index (χ0v) is 46.8. The number of amides is 2. The lowest BCUT2D eigenvalue weighted by atomic mass is 9.83. The van der Waals surface area contributed by atoms with Gasteiger partial charge in [-0.05, 0) is 168 Å². The number of benzene rings is 3. The molecule has 2 N–H and O–H groups in total. The minimum absolute atomic E-state index is 0. The number of halogens is 2. The molecular formula is C62H80F2N10O7. The van der Waals surface area contributed by atoms with Gasteiger partial charge in [0.15, 0.2) is 5.82 Å². The Morgan fingerprint density at radius 3 is 2.40 bits per heavy atom. The molecule has 6 aromatic rings. The quantitative estimate of drug-likeness (QED) is 0.104. The molecule has 5 fully saturated rings. The molecule has 17 nitrogen and oxygen atoms in total. The van der Waals surface area contributed by atoms with Crippen LogP contribution in [0.4, 0.5) is 25.1 Å². The molecule has 0 bridgehead atoms. The van der Waals surface area contributed by atoms with Gasteiger partial charge in [-0.3, -0.25) is 14.4 Å². The standard InChI is InChI=1S/C34H37F2N5O3.C27H39N5O4.CH4/c1-2-23-25(35)8-6-20-16-22(42)17-24(27(20)23)30-29(36)31-28-26(37-30)9-7-21-18-43-15-5-14-41(21)32(28)39-33(38-31)44-19-34-10-3-12-40(34)13-4-11-34;1-28-26(34)23(5-4-16-33)25-22-7-6-21(18-24(22)30(2)29-25)31-12-8-19(9-13-31)17-20-10-14-32(15-11-20)27(35)36-3;/h6,8,16-17,21,42H,2-5,7,9-15,18-19H2,1H3;6-7,16,18-20,23H,4-5,8-15,17H2,1-3H3,(H,28,34);1H4. The number of methoxy groups -OCH3 is 1. The van der Waals surface area contributed by atoms with Crippen molar-refractivity contribution in [2.45, 2.75) is 128 Å². The molecule has 3 aromatic heterocycles. The molecule has 0 aliphatic carbocycles. The van der Waals surface area contributed by atoms with Gasteiger partial charge in [-0.15, -0.1) is 0 Å². The molecule has 6 aliphatic rings. The van der Waals surface area contributed by atoms with E-state index in [0.717, 1.165) is 126 Å². The number of likely N-dealkylation sites (tertiary alicyclic amines) is 1. The van der Waals surface area contributed by atoms with Crippen LogP contribution in [0.15, 0.2) is 42.5 Å². The first-order valence-corrected chi connectivity index (χ1v) is 29.2. The maximum atomic E-state index is 17.0. The lowest BCUT2D eigenvalue weighted by Crippen LogP contribution is -2.43.